The van der Waals surface area contributed by atoms with E-state index in [1.807, 2.05) is 25.1 Å². The molecule has 26 heavy (non-hydrogen) atoms. The molecule has 3 rings (SSSR count). The number of rotatable bonds is 8. The van der Waals surface area contributed by atoms with Gasteiger partial charge in [0.05, 0.1) is 31.3 Å². The summed E-state index contributed by atoms with van der Waals surface area (Å²) in [5, 5.41) is 0. The van der Waals surface area contributed by atoms with Gasteiger partial charge in [0, 0.05) is 13.2 Å². The van der Waals surface area contributed by atoms with Gasteiger partial charge in [-0.1, -0.05) is 30.3 Å². The largest absolute Gasteiger partial charge is 0.465 e. The quantitative estimate of drug-likeness (QED) is 0.526. The molecule has 0 spiro atoms. The predicted octanol–water partition coefficient (Wildman–Crippen LogP) is 2.78. The first kappa shape index (κ1) is 19.3. The van der Waals surface area contributed by atoms with Gasteiger partial charge in [0.15, 0.2) is 0 Å². The molecular formula is C21H31NO4. The normalized spacial score (nSPS) is 23.0. The molecule has 5 heteroatoms. The summed E-state index contributed by atoms with van der Waals surface area (Å²) in [5.74, 6) is -0.0829. The SMILES string of the molecule is CCOC(=O)C1(c2ccccc2)CCN(CCOCC2CCCO2)CC1. The number of hydrogen-bond donors (Lipinski definition) is 0. The Balaban J connectivity index is 1.50. The lowest BCUT2D eigenvalue weighted by Crippen LogP contribution is -2.48. The average molecular weight is 361 g/mol. The molecule has 5 nitrogen and oxygen atoms in total. The van der Waals surface area contributed by atoms with E-state index < -0.39 is 5.41 Å². The number of likely N-dealkylation sites (tertiary alicyclic amines) is 1. The number of carbonyl (C=O) groups is 1. The van der Waals surface area contributed by atoms with Gasteiger partial charge in [-0.3, -0.25) is 4.79 Å². The van der Waals surface area contributed by atoms with E-state index in [1.54, 1.807) is 0 Å². The van der Waals surface area contributed by atoms with Crippen LogP contribution in [0.2, 0.25) is 0 Å². The number of carbonyl (C=O) groups excluding carboxylic acids is 1. The Morgan fingerprint density at radius 1 is 1.27 bits per heavy atom. The average Bonchev–Trinajstić information content (AvgIpc) is 3.20. The van der Waals surface area contributed by atoms with Crippen LogP contribution in [0.15, 0.2) is 30.3 Å². The van der Waals surface area contributed by atoms with Gasteiger partial charge in [0.25, 0.3) is 0 Å². The van der Waals surface area contributed by atoms with Crippen molar-refractivity contribution in [1.82, 2.24) is 4.90 Å². The van der Waals surface area contributed by atoms with Crippen molar-refractivity contribution in [3.8, 4) is 0 Å². The van der Waals surface area contributed by atoms with Crippen molar-refractivity contribution in [3.63, 3.8) is 0 Å². The van der Waals surface area contributed by atoms with Crippen LogP contribution in [0.3, 0.4) is 0 Å². The molecule has 1 aromatic rings. The highest BCUT2D eigenvalue weighted by Gasteiger charge is 2.44. The minimum atomic E-state index is -0.508. The highest BCUT2D eigenvalue weighted by atomic mass is 16.5. The summed E-state index contributed by atoms with van der Waals surface area (Å²) in [4.78, 5) is 15.1. The van der Waals surface area contributed by atoms with Crippen LogP contribution in [0, 0.1) is 0 Å². The van der Waals surface area contributed by atoms with Gasteiger partial charge in [-0.25, -0.2) is 0 Å². The van der Waals surface area contributed by atoms with Crippen molar-refractivity contribution in [2.75, 3.05) is 46.1 Å². The molecule has 0 amide bonds. The van der Waals surface area contributed by atoms with Gasteiger partial charge in [-0.2, -0.15) is 0 Å². The third kappa shape index (κ3) is 4.64. The van der Waals surface area contributed by atoms with E-state index >= 15 is 0 Å². The summed E-state index contributed by atoms with van der Waals surface area (Å²) in [6, 6.07) is 10.1. The van der Waals surface area contributed by atoms with Crippen LogP contribution < -0.4 is 0 Å². The van der Waals surface area contributed by atoms with Gasteiger partial charge < -0.3 is 19.1 Å². The highest BCUT2D eigenvalue weighted by Crippen LogP contribution is 2.36. The van der Waals surface area contributed by atoms with Crippen LogP contribution in [0.1, 0.15) is 38.2 Å². The molecule has 2 saturated heterocycles. The van der Waals surface area contributed by atoms with Crippen LogP contribution >= 0.6 is 0 Å². The molecule has 0 N–H and O–H groups in total. The number of piperidine rings is 1. The number of hydrogen-bond acceptors (Lipinski definition) is 5. The smallest absolute Gasteiger partial charge is 0.316 e. The minimum Gasteiger partial charge on any atom is -0.465 e. The lowest BCUT2D eigenvalue weighted by atomic mass is 9.72. The lowest BCUT2D eigenvalue weighted by Gasteiger charge is -2.40. The number of benzene rings is 1. The van der Waals surface area contributed by atoms with E-state index in [4.69, 9.17) is 14.2 Å². The highest BCUT2D eigenvalue weighted by molar-refractivity contribution is 5.83. The maximum atomic E-state index is 12.8. The molecule has 0 aliphatic carbocycles. The maximum absolute atomic E-state index is 12.8. The minimum absolute atomic E-state index is 0.0829. The molecule has 2 heterocycles. The zero-order chi connectivity index (χ0) is 18.2. The summed E-state index contributed by atoms with van der Waals surface area (Å²) in [5.41, 5.74) is 0.569. The van der Waals surface area contributed by atoms with E-state index in [2.05, 4.69) is 17.0 Å². The molecule has 2 fully saturated rings. The van der Waals surface area contributed by atoms with Crippen LogP contribution in [-0.2, 0) is 24.4 Å². The number of ether oxygens (including phenoxy) is 3. The molecule has 0 radical (unpaired) electrons. The molecule has 0 saturated carbocycles. The fourth-order valence-electron chi connectivity index (χ4n) is 3.98. The summed E-state index contributed by atoms with van der Waals surface area (Å²) in [6.07, 6.45) is 4.13. The van der Waals surface area contributed by atoms with Crippen molar-refractivity contribution >= 4 is 5.97 Å². The maximum Gasteiger partial charge on any atom is 0.316 e. The Morgan fingerprint density at radius 2 is 2.04 bits per heavy atom. The van der Waals surface area contributed by atoms with E-state index in [-0.39, 0.29) is 12.1 Å². The van der Waals surface area contributed by atoms with Crippen molar-refractivity contribution in [2.24, 2.45) is 0 Å². The van der Waals surface area contributed by atoms with E-state index in [0.717, 1.165) is 64.1 Å². The third-order valence-corrected chi connectivity index (χ3v) is 5.58. The summed E-state index contributed by atoms with van der Waals surface area (Å²) in [6.45, 7) is 7.26. The van der Waals surface area contributed by atoms with E-state index in [0.29, 0.717) is 13.2 Å². The monoisotopic (exact) mass is 361 g/mol. The second-order valence-corrected chi connectivity index (χ2v) is 7.22. The number of nitrogens with zero attached hydrogens (tertiary/aromatic N) is 1. The van der Waals surface area contributed by atoms with Crippen molar-refractivity contribution in [2.45, 2.75) is 44.1 Å². The third-order valence-electron chi connectivity index (χ3n) is 5.58. The van der Waals surface area contributed by atoms with E-state index in [1.165, 1.54) is 0 Å². The molecule has 1 unspecified atom stereocenters. The Labute approximate surface area is 156 Å². The van der Waals surface area contributed by atoms with Gasteiger partial charge in [0.1, 0.15) is 0 Å². The molecule has 144 valence electrons. The Kier molecular flexibility index (Phi) is 7.06. The second-order valence-electron chi connectivity index (χ2n) is 7.22. The molecule has 2 aliphatic heterocycles. The van der Waals surface area contributed by atoms with Gasteiger partial charge in [0.2, 0.25) is 0 Å². The van der Waals surface area contributed by atoms with Crippen LogP contribution in [0.25, 0.3) is 0 Å². The molecule has 0 bridgehead atoms. The first-order chi connectivity index (χ1) is 12.7. The fourth-order valence-corrected chi connectivity index (χ4v) is 3.98. The molecule has 2 aliphatic rings. The zero-order valence-corrected chi connectivity index (χ0v) is 15.8. The van der Waals surface area contributed by atoms with Crippen molar-refractivity contribution in [3.05, 3.63) is 35.9 Å². The van der Waals surface area contributed by atoms with Crippen LogP contribution in [-0.4, -0.2) is 63.0 Å². The Morgan fingerprint density at radius 3 is 2.69 bits per heavy atom. The zero-order valence-electron chi connectivity index (χ0n) is 15.8. The standard InChI is InChI=1S/C21H31NO4/c1-2-25-20(23)21(18-7-4-3-5-8-18)10-12-22(13-11-21)14-16-24-17-19-9-6-15-26-19/h3-5,7-8,19H,2,6,9-17H2,1H3. The first-order valence-corrected chi connectivity index (χ1v) is 9.89. The van der Waals surface area contributed by atoms with Crippen molar-refractivity contribution < 1.29 is 19.0 Å². The first-order valence-electron chi connectivity index (χ1n) is 9.89. The topological polar surface area (TPSA) is 48.0 Å². The summed E-state index contributed by atoms with van der Waals surface area (Å²) >= 11 is 0. The van der Waals surface area contributed by atoms with E-state index in [9.17, 15) is 4.79 Å². The lowest BCUT2D eigenvalue weighted by molar-refractivity contribution is -0.152. The Hall–Kier alpha value is -1.43. The molecule has 0 aromatic heterocycles. The summed E-state index contributed by atoms with van der Waals surface area (Å²) < 4.78 is 16.8. The van der Waals surface area contributed by atoms with Crippen molar-refractivity contribution in [1.29, 1.82) is 0 Å². The van der Waals surface area contributed by atoms with Gasteiger partial charge >= 0.3 is 5.97 Å². The summed E-state index contributed by atoms with van der Waals surface area (Å²) in [7, 11) is 0. The van der Waals surface area contributed by atoms with Gasteiger partial charge in [-0.15, -0.1) is 0 Å². The molecular weight excluding hydrogens is 330 g/mol. The second kappa shape index (κ2) is 9.49. The Bertz CT molecular complexity index is 548. The predicted molar refractivity (Wildman–Crippen MR) is 100 cm³/mol. The number of esters is 1. The molecule has 1 atom stereocenters. The molecule has 1 aromatic carbocycles. The van der Waals surface area contributed by atoms with Crippen LogP contribution in [0.5, 0.6) is 0 Å². The van der Waals surface area contributed by atoms with Gasteiger partial charge in [-0.05, 0) is 51.3 Å². The van der Waals surface area contributed by atoms with Crippen LogP contribution in [0.4, 0.5) is 0 Å². The fraction of sp³-hybridized carbons (Fsp3) is 0.667.